The van der Waals surface area contributed by atoms with Gasteiger partial charge in [0.05, 0.1) is 13.2 Å². The molecule has 1 fully saturated rings. The Morgan fingerprint density at radius 2 is 1.89 bits per heavy atom. The van der Waals surface area contributed by atoms with Gasteiger partial charge in [-0.3, -0.25) is 4.79 Å². The van der Waals surface area contributed by atoms with Crippen LogP contribution in [0.1, 0.15) is 43.4 Å². The Hall–Kier alpha value is -3.02. The summed E-state index contributed by atoms with van der Waals surface area (Å²) in [6.07, 6.45) is 0.748. The maximum atomic E-state index is 12.9. The van der Waals surface area contributed by atoms with Crippen molar-refractivity contribution in [2.45, 2.75) is 37.8 Å². The summed E-state index contributed by atoms with van der Waals surface area (Å²) in [5.74, 6) is 0.368. The molecule has 0 saturated carbocycles. The van der Waals surface area contributed by atoms with Crippen molar-refractivity contribution in [3.8, 4) is 5.75 Å². The molecule has 0 spiro atoms. The largest absolute Gasteiger partial charge is 0.497 e. The van der Waals surface area contributed by atoms with Crippen LogP contribution in [-0.4, -0.2) is 30.6 Å². The number of ether oxygens (including phenoxy) is 2. The molecule has 0 aromatic heterocycles. The number of benzene rings is 2. The summed E-state index contributed by atoms with van der Waals surface area (Å²) in [7, 11) is 1.62. The van der Waals surface area contributed by atoms with E-state index < -0.39 is 11.5 Å². The minimum Gasteiger partial charge on any atom is -0.497 e. The lowest BCUT2D eigenvalue weighted by atomic mass is 9.84. The molecule has 1 saturated heterocycles. The molecule has 2 aromatic rings. The van der Waals surface area contributed by atoms with Crippen LogP contribution in [0.15, 0.2) is 54.6 Å². The summed E-state index contributed by atoms with van der Waals surface area (Å²) in [6, 6.07) is 17.1. The second kappa shape index (κ2) is 8.33. The van der Waals surface area contributed by atoms with Crippen molar-refractivity contribution in [2.75, 3.05) is 13.7 Å². The van der Waals surface area contributed by atoms with Crippen molar-refractivity contribution in [2.24, 2.45) is 5.73 Å². The average molecular weight is 382 g/mol. The number of carbonyl (C=O) groups is 2. The van der Waals surface area contributed by atoms with Crippen LogP contribution in [0.25, 0.3) is 0 Å². The molecule has 3 rings (SSSR count). The van der Waals surface area contributed by atoms with E-state index in [0.29, 0.717) is 19.4 Å². The third-order valence-electron chi connectivity index (χ3n) is 5.41. The predicted octanol–water partition coefficient (Wildman–Crippen LogP) is 3.76. The smallest absolute Gasteiger partial charge is 0.411 e. The van der Waals surface area contributed by atoms with Crippen LogP contribution >= 0.6 is 0 Å². The van der Waals surface area contributed by atoms with Crippen molar-refractivity contribution in [1.82, 2.24) is 4.90 Å². The monoisotopic (exact) mass is 382 g/mol. The van der Waals surface area contributed by atoms with Crippen LogP contribution in [0.5, 0.6) is 5.75 Å². The minimum absolute atomic E-state index is 0.136. The number of cyclic esters (lactones) is 1. The number of methoxy groups -OCH3 is 1. The molecular formula is C22H26N2O4. The average Bonchev–Trinajstić information content (AvgIpc) is 2.72. The number of hydrogen-bond donors (Lipinski definition) is 1. The highest BCUT2D eigenvalue weighted by atomic mass is 16.6. The lowest BCUT2D eigenvalue weighted by Gasteiger charge is -2.43. The molecule has 1 unspecified atom stereocenters. The minimum atomic E-state index is -0.830. The summed E-state index contributed by atoms with van der Waals surface area (Å²) >= 11 is 0. The Kier molecular flexibility index (Phi) is 5.87. The molecule has 2 atom stereocenters. The quantitative estimate of drug-likeness (QED) is 0.790. The van der Waals surface area contributed by atoms with Gasteiger partial charge < -0.3 is 20.1 Å². The summed E-state index contributed by atoms with van der Waals surface area (Å²) in [4.78, 5) is 26.0. The van der Waals surface area contributed by atoms with Crippen molar-refractivity contribution in [1.29, 1.82) is 0 Å². The summed E-state index contributed by atoms with van der Waals surface area (Å²) in [5, 5.41) is 0. The van der Waals surface area contributed by atoms with Crippen molar-refractivity contribution in [3.05, 3.63) is 65.7 Å². The zero-order valence-corrected chi connectivity index (χ0v) is 16.3. The number of nitrogens with zero attached hydrogens (tertiary/aromatic N) is 1. The second-order valence-corrected chi connectivity index (χ2v) is 7.09. The van der Waals surface area contributed by atoms with Crippen LogP contribution in [0.3, 0.4) is 0 Å². The topological polar surface area (TPSA) is 81.9 Å². The molecule has 0 aliphatic carbocycles. The van der Waals surface area contributed by atoms with E-state index in [-0.39, 0.29) is 18.6 Å². The van der Waals surface area contributed by atoms with E-state index in [2.05, 4.69) is 0 Å². The standard InChI is InChI=1S/C22H26N2O4/c1-16(17-8-10-19(27-2)11-9-17)24-15-14-22(28-21(24)26,13-12-20(23)25)18-6-4-3-5-7-18/h3-11,16H,12-15H2,1-2H3,(H2,23,25)/t16-,22?/m0/s1. The predicted molar refractivity (Wildman–Crippen MR) is 106 cm³/mol. The summed E-state index contributed by atoms with van der Waals surface area (Å²) < 4.78 is 11.2. The molecule has 6 heteroatoms. The first kappa shape index (κ1) is 19.7. The summed E-state index contributed by atoms with van der Waals surface area (Å²) in [5.41, 5.74) is 6.42. The van der Waals surface area contributed by atoms with Crippen molar-refractivity contribution < 1.29 is 19.1 Å². The fourth-order valence-electron chi connectivity index (χ4n) is 3.67. The number of carbonyl (C=O) groups excluding carboxylic acids is 2. The lowest BCUT2D eigenvalue weighted by Crippen LogP contribution is -2.49. The maximum Gasteiger partial charge on any atom is 0.411 e. The van der Waals surface area contributed by atoms with Gasteiger partial charge in [-0.05, 0) is 30.2 Å². The second-order valence-electron chi connectivity index (χ2n) is 7.09. The molecule has 0 radical (unpaired) electrons. The lowest BCUT2D eigenvalue weighted by molar-refractivity contribution is -0.121. The molecule has 6 nitrogen and oxygen atoms in total. The van der Waals surface area contributed by atoms with E-state index >= 15 is 0 Å². The first-order valence-electron chi connectivity index (χ1n) is 9.42. The molecule has 28 heavy (non-hydrogen) atoms. The van der Waals surface area contributed by atoms with E-state index in [1.807, 2.05) is 61.5 Å². The molecule has 0 bridgehead atoms. The molecule has 2 N–H and O–H groups in total. The molecule has 148 valence electrons. The zero-order chi connectivity index (χ0) is 20.1. The molecule has 2 amide bonds. The van der Waals surface area contributed by atoms with E-state index in [0.717, 1.165) is 16.9 Å². The number of amides is 2. The highest BCUT2D eigenvalue weighted by molar-refractivity contribution is 5.74. The van der Waals surface area contributed by atoms with E-state index in [1.165, 1.54) is 0 Å². The highest BCUT2D eigenvalue weighted by Gasteiger charge is 2.43. The van der Waals surface area contributed by atoms with Crippen LogP contribution < -0.4 is 10.5 Å². The van der Waals surface area contributed by atoms with Gasteiger partial charge in [0.1, 0.15) is 11.4 Å². The molecule has 2 aromatic carbocycles. The Bertz CT molecular complexity index is 822. The normalized spacial score (nSPS) is 20.4. The van der Waals surface area contributed by atoms with Gasteiger partial charge in [-0.2, -0.15) is 0 Å². The number of rotatable bonds is 7. The maximum absolute atomic E-state index is 12.9. The Labute approximate surface area is 165 Å². The van der Waals surface area contributed by atoms with Crippen LogP contribution in [0.2, 0.25) is 0 Å². The van der Waals surface area contributed by atoms with Crippen LogP contribution in [0.4, 0.5) is 4.79 Å². The molecule has 1 heterocycles. The van der Waals surface area contributed by atoms with Gasteiger partial charge in [-0.25, -0.2) is 4.79 Å². The number of nitrogens with two attached hydrogens (primary N) is 1. The van der Waals surface area contributed by atoms with E-state index in [1.54, 1.807) is 12.0 Å². The molecule has 1 aliphatic rings. The third kappa shape index (κ3) is 4.11. The van der Waals surface area contributed by atoms with Crippen molar-refractivity contribution >= 4 is 12.0 Å². The Balaban J connectivity index is 1.80. The van der Waals surface area contributed by atoms with Crippen LogP contribution in [0, 0.1) is 0 Å². The molecular weight excluding hydrogens is 356 g/mol. The van der Waals surface area contributed by atoms with Gasteiger partial charge in [0.15, 0.2) is 0 Å². The number of primary amides is 1. The highest BCUT2D eigenvalue weighted by Crippen LogP contribution is 2.40. The Morgan fingerprint density at radius 3 is 2.46 bits per heavy atom. The third-order valence-corrected chi connectivity index (χ3v) is 5.41. The zero-order valence-electron chi connectivity index (χ0n) is 16.3. The van der Waals surface area contributed by atoms with Crippen molar-refractivity contribution in [3.63, 3.8) is 0 Å². The molecule has 1 aliphatic heterocycles. The van der Waals surface area contributed by atoms with Gasteiger partial charge in [0.25, 0.3) is 0 Å². The first-order chi connectivity index (χ1) is 13.4. The number of hydrogen-bond acceptors (Lipinski definition) is 4. The van der Waals surface area contributed by atoms with Gasteiger partial charge >= 0.3 is 6.09 Å². The van der Waals surface area contributed by atoms with Gasteiger partial charge in [-0.1, -0.05) is 42.5 Å². The van der Waals surface area contributed by atoms with Gasteiger partial charge in [-0.15, -0.1) is 0 Å². The first-order valence-corrected chi connectivity index (χ1v) is 9.42. The van der Waals surface area contributed by atoms with E-state index in [4.69, 9.17) is 15.2 Å². The fraction of sp³-hybridized carbons (Fsp3) is 0.364. The van der Waals surface area contributed by atoms with Gasteiger partial charge in [0.2, 0.25) is 5.91 Å². The SMILES string of the molecule is COc1ccc([C@H](C)N2CCC(CCC(N)=O)(c3ccccc3)OC2=O)cc1. The van der Waals surface area contributed by atoms with Gasteiger partial charge in [0, 0.05) is 25.8 Å². The van der Waals surface area contributed by atoms with Crippen LogP contribution in [-0.2, 0) is 15.1 Å². The fourth-order valence-corrected chi connectivity index (χ4v) is 3.67. The summed E-state index contributed by atoms with van der Waals surface area (Å²) in [6.45, 7) is 2.50. The van der Waals surface area contributed by atoms with E-state index in [9.17, 15) is 9.59 Å². The Morgan fingerprint density at radius 1 is 1.21 bits per heavy atom.